The van der Waals surface area contributed by atoms with Gasteiger partial charge in [-0.1, -0.05) is 84.9 Å². The first-order valence-corrected chi connectivity index (χ1v) is 11.0. The molecule has 2 amide bonds. The molecule has 0 aromatic heterocycles. The lowest BCUT2D eigenvalue weighted by Gasteiger charge is -2.24. The molecule has 0 aliphatic rings. The molecule has 4 rings (SSSR count). The van der Waals surface area contributed by atoms with E-state index in [1.54, 1.807) is 18.9 Å². The third-order valence-electron chi connectivity index (χ3n) is 5.77. The quantitative estimate of drug-likeness (QED) is 0.407. The Kier molecular flexibility index (Phi) is 6.81. The third kappa shape index (κ3) is 5.27. The standard InChI is InChI=1S/C28H27N3O2/c1-20(28(33)30-26-17-9-8-16-24(26)21-11-4-3-5-12-21)31(2)19-27(32)29-25-18-10-14-22-13-6-7-15-23(22)25/h3-18,20H,19H2,1-2H3,(H,29,32)(H,30,33). The number of hydrogen-bond donors (Lipinski definition) is 2. The van der Waals surface area contributed by atoms with Crippen molar-refractivity contribution in [2.24, 2.45) is 0 Å². The topological polar surface area (TPSA) is 61.4 Å². The van der Waals surface area contributed by atoms with Crippen molar-refractivity contribution in [1.82, 2.24) is 4.90 Å². The van der Waals surface area contributed by atoms with Crippen LogP contribution in [0.5, 0.6) is 0 Å². The van der Waals surface area contributed by atoms with Gasteiger partial charge in [-0.05, 0) is 37.1 Å². The molecule has 0 saturated carbocycles. The predicted octanol–water partition coefficient (Wildman–Crippen LogP) is 5.40. The van der Waals surface area contributed by atoms with Crippen LogP contribution >= 0.6 is 0 Å². The van der Waals surface area contributed by atoms with Gasteiger partial charge in [0.25, 0.3) is 0 Å². The van der Waals surface area contributed by atoms with Gasteiger partial charge in [-0.3, -0.25) is 14.5 Å². The number of amides is 2. The Morgan fingerprint density at radius 1 is 0.758 bits per heavy atom. The van der Waals surface area contributed by atoms with Crippen LogP contribution in [0.1, 0.15) is 6.92 Å². The van der Waals surface area contributed by atoms with Crippen molar-refractivity contribution >= 4 is 34.0 Å². The summed E-state index contributed by atoms with van der Waals surface area (Å²) in [5, 5.41) is 8.05. The highest BCUT2D eigenvalue weighted by Gasteiger charge is 2.21. The molecule has 2 N–H and O–H groups in total. The maximum atomic E-state index is 13.0. The minimum Gasteiger partial charge on any atom is -0.324 e. The van der Waals surface area contributed by atoms with Crippen LogP contribution in [0.25, 0.3) is 21.9 Å². The summed E-state index contributed by atoms with van der Waals surface area (Å²) in [6, 6.07) is 30.9. The number of likely N-dealkylation sites (N-methyl/N-ethyl adjacent to an activating group) is 1. The second kappa shape index (κ2) is 10.1. The first kappa shape index (κ1) is 22.2. The van der Waals surface area contributed by atoms with E-state index in [1.807, 2.05) is 97.1 Å². The largest absolute Gasteiger partial charge is 0.324 e. The monoisotopic (exact) mass is 437 g/mol. The van der Waals surface area contributed by atoms with Gasteiger partial charge in [0.05, 0.1) is 12.6 Å². The van der Waals surface area contributed by atoms with Crippen LogP contribution in [0, 0.1) is 0 Å². The van der Waals surface area contributed by atoms with Crippen LogP contribution in [-0.4, -0.2) is 36.3 Å². The predicted molar refractivity (Wildman–Crippen MR) is 135 cm³/mol. The van der Waals surface area contributed by atoms with E-state index >= 15 is 0 Å². The molecule has 0 aliphatic carbocycles. The summed E-state index contributed by atoms with van der Waals surface area (Å²) >= 11 is 0. The zero-order valence-corrected chi connectivity index (χ0v) is 18.8. The molecule has 0 saturated heterocycles. The number of benzene rings is 4. The van der Waals surface area contributed by atoms with E-state index in [4.69, 9.17) is 0 Å². The molecule has 1 atom stereocenters. The maximum absolute atomic E-state index is 13.0. The minimum absolute atomic E-state index is 0.0954. The van der Waals surface area contributed by atoms with Gasteiger partial charge < -0.3 is 10.6 Å². The normalized spacial score (nSPS) is 11.8. The summed E-state index contributed by atoms with van der Waals surface area (Å²) in [5.41, 5.74) is 3.49. The van der Waals surface area contributed by atoms with Crippen molar-refractivity contribution < 1.29 is 9.59 Å². The van der Waals surface area contributed by atoms with Crippen LogP contribution in [0.3, 0.4) is 0 Å². The number of nitrogens with one attached hydrogen (secondary N) is 2. The summed E-state index contributed by atoms with van der Waals surface area (Å²) in [6.07, 6.45) is 0. The van der Waals surface area contributed by atoms with Gasteiger partial charge in [-0.15, -0.1) is 0 Å². The second-order valence-corrected chi connectivity index (χ2v) is 8.07. The van der Waals surface area contributed by atoms with Gasteiger partial charge in [0, 0.05) is 22.3 Å². The number of para-hydroxylation sites is 1. The average molecular weight is 438 g/mol. The van der Waals surface area contributed by atoms with Crippen LogP contribution in [-0.2, 0) is 9.59 Å². The lowest BCUT2D eigenvalue weighted by atomic mass is 10.0. The SMILES string of the molecule is CC(C(=O)Nc1ccccc1-c1ccccc1)N(C)CC(=O)Nc1cccc2ccccc12. The molecule has 166 valence electrons. The van der Waals surface area contributed by atoms with E-state index in [0.717, 1.165) is 33.3 Å². The zero-order valence-electron chi connectivity index (χ0n) is 18.8. The van der Waals surface area contributed by atoms with Gasteiger partial charge in [-0.2, -0.15) is 0 Å². The first-order valence-electron chi connectivity index (χ1n) is 11.0. The number of rotatable bonds is 7. The molecule has 0 heterocycles. The number of fused-ring (bicyclic) bond motifs is 1. The van der Waals surface area contributed by atoms with E-state index in [1.165, 1.54) is 0 Å². The van der Waals surface area contributed by atoms with E-state index < -0.39 is 6.04 Å². The molecule has 0 bridgehead atoms. The summed E-state index contributed by atoms with van der Waals surface area (Å²) in [7, 11) is 1.77. The number of carbonyl (C=O) groups excluding carboxylic acids is 2. The van der Waals surface area contributed by atoms with E-state index in [-0.39, 0.29) is 18.4 Å². The second-order valence-electron chi connectivity index (χ2n) is 8.07. The Hall–Kier alpha value is -3.96. The van der Waals surface area contributed by atoms with Crippen LogP contribution in [0.15, 0.2) is 97.1 Å². The fourth-order valence-electron chi connectivity index (χ4n) is 3.79. The van der Waals surface area contributed by atoms with Gasteiger partial charge in [0.1, 0.15) is 0 Å². The van der Waals surface area contributed by atoms with Crippen LogP contribution in [0.2, 0.25) is 0 Å². The lowest BCUT2D eigenvalue weighted by Crippen LogP contribution is -2.43. The summed E-state index contributed by atoms with van der Waals surface area (Å²) in [6.45, 7) is 1.89. The van der Waals surface area contributed by atoms with E-state index in [0.29, 0.717) is 0 Å². The van der Waals surface area contributed by atoms with Gasteiger partial charge in [0.15, 0.2) is 0 Å². The Balaban J connectivity index is 1.41. The molecular weight excluding hydrogens is 410 g/mol. The van der Waals surface area contributed by atoms with Crippen LogP contribution in [0.4, 0.5) is 11.4 Å². The molecule has 4 aromatic carbocycles. The summed E-state index contributed by atoms with van der Waals surface area (Å²) < 4.78 is 0. The highest BCUT2D eigenvalue weighted by molar-refractivity contribution is 6.03. The molecule has 0 fully saturated rings. The number of anilines is 2. The van der Waals surface area contributed by atoms with Crippen molar-refractivity contribution in [2.45, 2.75) is 13.0 Å². The Bertz CT molecular complexity index is 1270. The highest BCUT2D eigenvalue weighted by atomic mass is 16.2. The molecule has 5 nitrogen and oxygen atoms in total. The Morgan fingerprint density at radius 2 is 1.39 bits per heavy atom. The van der Waals surface area contributed by atoms with Crippen molar-refractivity contribution in [3.05, 3.63) is 97.1 Å². The zero-order chi connectivity index (χ0) is 23.2. The fourth-order valence-corrected chi connectivity index (χ4v) is 3.79. The minimum atomic E-state index is -0.493. The van der Waals surface area contributed by atoms with Crippen molar-refractivity contribution in [2.75, 3.05) is 24.2 Å². The fraction of sp³-hybridized carbons (Fsp3) is 0.143. The summed E-state index contributed by atoms with van der Waals surface area (Å²) in [4.78, 5) is 27.4. The van der Waals surface area contributed by atoms with E-state index in [9.17, 15) is 9.59 Å². The average Bonchev–Trinajstić information content (AvgIpc) is 2.84. The van der Waals surface area contributed by atoms with Gasteiger partial charge >= 0.3 is 0 Å². The third-order valence-corrected chi connectivity index (χ3v) is 5.77. The van der Waals surface area contributed by atoms with Crippen molar-refractivity contribution in [3.8, 4) is 11.1 Å². The number of hydrogen-bond acceptors (Lipinski definition) is 3. The Morgan fingerprint density at radius 3 is 2.21 bits per heavy atom. The lowest BCUT2D eigenvalue weighted by molar-refractivity contribution is -0.122. The molecule has 1 unspecified atom stereocenters. The summed E-state index contributed by atoms with van der Waals surface area (Å²) in [5.74, 6) is -0.336. The van der Waals surface area contributed by atoms with Crippen LogP contribution < -0.4 is 10.6 Å². The Labute approximate surface area is 194 Å². The molecule has 0 radical (unpaired) electrons. The van der Waals surface area contributed by atoms with E-state index in [2.05, 4.69) is 10.6 Å². The molecule has 0 spiro atoms. The van der Waals surface area contributed by atoms with Crippen molar-refractivity contribution in [3.63, 3.8) is 0 Å². The molecular formula is C28H27N3O2. The number of nitrogens with zero attached hydrogens (tertiary/aromatic N) is 1. The first-order chi connectivity index (χ1) is 16.0. The molecule has 33 heavy (non-hydrogen) atoms. The van der Waals surface area contributed by atoms with Gasteiger partial charge in [0.2, 0.25) is 11.8 Å². The molecule has 5 heteroatoms. The molecule has 0 aliphatic heterocycles. The van der Waals surface area contributed by atoms with Gasteiger partial charge in [-0.25, -0.2) is 0 Å². The highest BCUT2D eigenvalue weighted by Crippen LogP contribution is 2.28. The maximum Gasteiger partial charge on any atom is 0.241 e. The number of carbonyl (C=O) groups is 2. The van der Waals surface area contributed by atoms with Crippen molar-refractivity contribution in [1.29, 1.82) is 0 Å². The smallest absolute Gasteiger partial charge is 0.241 e. The molecule has 4 aromatic rings.